The summed E-state index contributed by atoms with van der Waals surface area (Å²) in [6.45, 7) is 3.56. The quantitative estimate of drug-likeness (QED) is 0.699. The van der Waals surface area contributed by atoms with Crippen LogP contribution in [0.1, 0.15) is 30.9 Å². The van der Waals surface area contributed by atoms with Crippen LogP contribution >= 0.6 is 15.9 Å². The SMILES string of the molecule is CC1CCN(c2ccc(CBr)cc2C(F)(F)F)CC1. The molecule has 1 aliphatic rings. The minimum atomic E-state index is -4.30. The number of piperidine rings is 1. The summed E-state index contributed by atoms with van der Waals surface area (Å²) < 4.78 is 39.5. The first-order valence-electron chi connectivity index (χ1n) is 6.43. The minimum absolute atomic E-state index is 0.323. The molecule has 1 aliphatic heterocycles. The zero-order chi connectivity index (χ0) is 14.0. The third-order valence-corrected chi connectivity index (χ3v) is 4.29. The maximum Gasteiger partial charge on any atom is 0.418 e. The van der Waals surface area contributed by atoms with Gasteiger partial charge in [-0.1, -0.05) is 28.9 Å². The third-order valence-electron chi connectivity index (χ3n) is 3.64. The fraction of sp³-hybridized carbons (Fsp3) is 0.571. The third kappa shape index (κ3) is 3.44. The highest BCUT2D eigenvalue weighted by Crippen LogP contribution is 2.38. The lowest BCUT2D eigenvalue weighted by Gasteiger charge is -2.34. The predicted molar refractivity (Wildman–Crippen MR) is 74.7 cm³/mol. The summed E-state index contributed by atoms with van der Waals surface area (Å²) in [5.74, 6) is 0.604. The van der Waals surface area contributed by atoms with E-state index in [1.54, 1.807) is 12.1 Å². The highest BCUT2D eigenvalue weighted by Gasteiger charge is 2.35. The van der Waals surface area contributed by atoms with Gasteiger partial charge in [-0.15, -0.1) is 0 Å². The molecule has 0 spiro atoms. The number of alkyl halides is 4. The molecule has 0 aliphatic carbocycles. The number of halogens is 4. The molecule has 5 heteroatoms. The molecule has 0 N–H and O–H groups in total. The zero-order valence-electron chi connectivity index (χ0n) is 10.8. The number of nitrogens with zero attached hydrogens (tertiary/aromatic N) is 1. The van der Waals surface area contributed by atoms with E-state index < -0.39 is 11.7 Å². The fourth-order valence-corrected chi connectivity index (χ4v) is 2.77. The molecular formula is C14H17BrF3N. The Bertz CT molecular complexity index is 437. The molecule has 1 nitrogen and oxygen atoms in total. The minimum Gasteiger partial charge on any atom is -0.371 e. The monoisotopic (exact) mass is 335 g/mol. The molecule has 0 bridgehead atoms. The van der Waals surface area contributed by atoms with Gasteiger partial charge in [-0.05, 0) is 36.5 Å². The Morgan fingerprint density at radius 3 is 2.42 bits per heavy atom. The first-order chi connectivity index (χ1) is 8.91. The average molecular weight is 336 g/mol. The lowest BCUT2D eigenvalue weighted by molar-refractivity contribution is -0.137. The number of rotatable bonds is 2. The maximum atomic E-state index is 13.2. The predicted octanol–water partition coefficient (Wildman–Crippen LogP) is 4.84. The maximum absolute atomic E-state index is 13.2. The highest BCUT2D eigenvalue weighted by molar-refractivity contribution is 9.08. The van der Waals surface area contributed by atoms with Crippen molar-refractivity contribution in [3.8, 4) is 0 Å². The Morgan fingerprint density at radius 2 is 1.89 bits per heavy atom. The molecule has 1 heterocycles. The van der Waals surface area contributed by atoms with E-state index in [2.05, 4.69) is 22.9 Å². The van der Waals surface area contributed by atoms with E-state index in [1.807, 2.05) is 4.90 Å². The number of hydrogen-bond acceptors (Lipinski definition) is 1. The van der Waals surface area contributed by atoms with Gasteiger partial charge in [0.2, 0.25) is 0 Å². The van der Waals surface area contributed by atoms with Gasteiger partial charge in [0.15, 0.2) is 0 Å². The lowest BCUT2D eigenvalue weighted by atomic mass is 9.97. The van der Waals surface area contributed by atoms with Crippen LogP contribution in [0.3, 0.4) is 0 Å². The van der Waals surface area contributed by atoms with Crippen molar-refractivity contribution < 1.29 is 13.2 Å². The van der Waals surface area contributed by atoms with Crippen molar-refractivity contribution in [1.29, 1.82) is 0 Å². The molecular weight excluding hydrogens is 319 g/mol. The summed E-state index contributed by atoms with van der Waals surface area (Å²) in [6, 6.07) is 4.62. The Kier molecular flexibility index (Phi) is 4.43. The van der Waals surface area contributed by atoms with E-state index >= 15 is 0 Å². The van der Waals surface area contributed by atoms with Crippen LogP contribution in [-0.4, -0.2) is 13.1 Å². The van der Waals surface area contributed by atoms with Crippen LogP contribution in [0.15, 0.2) is 18.2 Å². The molecule has 106 valence electrons. The van der Waals surface area contributed by atoms with Crippen molar-refractivity contribution in [2.24, 2.45) is 5.92 Å². The molecule has 2 rings (SSSR count). The van der Waals surface area contributed by atoms with Gasteiger partial charge in [0, 0.05) is 24.1 Å². The van der Waals surface area contributed by atoms with Crippen LogP contribution < -0.4 is 4.90 Å². The topological polar surface area (TPSA) is 3.24 Å². The Labute approximate surface area is 119 Å². The van der Waals surface area contributed by atoms with Gasteiger partial charge in [0.25, 0.3) is 0 Å². The van der Waals surface area contributed by atoms with Gasteiger partial charge in [0.05, 0.1) is 5.56 Å². The summed E-state index contributed by atoms with van der Waals surface area (Å²) in [6.07, 6.45) is -2.38. The fourth-order valence-electron chi connectivity index (χ4n) is 2.42. The summed E-state index contributed by atoms with van der Waals surface area (Å²) in [7, 11) is 0. The second-order valence-corrected chi connectivity index (χ2v) is 5.71. The number of hydrogen-bond donors (Lipinski definition) is 0. The van der Waals surface area contributed by atoms with Crippen molar-refractivity contribution in [2.45, 2.75) is 31.3 Å². The van der Waals surface area contributed by atoms with Crippen molar-refractivity contribution >= 4 is 21.6 Å². The molecule has 0 unspecified atom stereocenters. The zero-order valence-corrected chi connectivity index (χ0v) is 12.4. The number of benzene rings is 1. The van der Waals surface area contributed by atoms with Crippen molar-refractivity contribution in [1.82, 2.24) is 0 Å². The van der Waals surface area contributed by atoms with Crippen molar-refractivity contribution in [3.05, 3.63) is 29.3 Å². The molecule has 1 fully saturated rings. The lowest BCUT2D eigenvalue weighted by Crippen LogP contribution is -2.34. The van der Waals surface area contributed by atoms with Gasteiger partial charge >= 0.3 is 6.18 Å². The summed E-state index contributed by atoms with van der Waals surface area (Å²) in [4.78, 5) is 1.86. The normalized spacial score (nSPS) is 17.8. The van der Waals surface area contributed by atoms with E-state index in [-0.39, 0.29) is 0 Å². The van der Waals surface area contributed by atoms with Crippen LogP contribution in [0.5, 0.6) is 0 Å². The Hall–Kier alpha value is -0.710. The van der Waals surface area contributed by atoms with Gasteiger partial charge < -0.3 is 4.90 Å². The van der Waals surface area contributed by atoms with Gasteiger partial charge in [-0.3, -0.25) is 0 Å². The van der Waals surface area contributed by atoms with Crippen molar-refractivity contribution in [2.75, 3.05) is 18.0 Å². The van der Waals surface area contributed by atoms with E-state index in [4.69, 9.17) is 0 Å². The van der Waals surface area contributed by atoms with Crippen LogP contribution in [0, 0.1) is 5.92 Å². The molecule has 0 amide bonds. The molecule has 0 atom stereocenters. The molecule has 1 aromatic carbocycles. The molecule has 0 radical (unpaired) electrons. The van der Waals surface area contributed by atoms with E-state index in [0.717, 1.165) is 12.8 Å². The smallest absolute Gasteiger partial charge is 0.371 e. The molecule has 19 heavy (non-hydrogen) atoms. The second kappa shape index (κ2) is 5.73. The first-order valence-corrected chi connectivity index (χ1v) is 7.55. The van der Waals surface area contributed by atoms with Crippen LogP contribution in [0.2, 0.25) is 0 Å². The van der Waals surface area contributed by atoms with E-state index in [9.17, 15) is 13.2 Å². The average Bonchev–Trinajstić information content (AvgIpc) is 2.38. The Morgan fingerprint density at radius 1 is 1.26 bits per heavy atom. The number of anilines is 1. The van der Waals surface area contributed by atoms with Crippen LogP contribution in [0.4, 0.5) is 18.9 Å². The van der Waals surface area contributed by atoms with E-state index in [0.29, 0.717) is 35.6 Å². The largest absolute Gasteiger partial charge is 0.418 e. The van der Waals surface area contributed by atoms with E-state index in [1.165, 1.54) is 6.07 Å². The highest BCUT2D eigenvalue weighted by atomic mass is 79.9. The summed E-state index contributed by atoms with van der Waals surface area (Å²) >= 11 is 3.21. The van der Waals surface area contributed by atoms with Crippen molar-refractivity contribution in [3.63, 3.8) is 0 Å². The summed E-state index contributed by atoms with van der Waals surface area (Å²) in [5.41, 5.74) is 0.463. The summed E-state index contributed by atoms with van der Waals surface area (Å²) in [5, 5.41) is 0.438. The van der Waals surface area contributed by atoms with Gasteiger partial charge in [-0.25, -0.2) is 0 Å². The Balaban J connectivity index is 2.34. The standard InChI is InChI=1S/C14H17BrF3N/c1-10-4-6-19(7-5-10)13-3-2-11(9-15)8-12(13)14(16,17)18/h2-3,8,10H,4-7,9H2,1H3. The van der Waals surface area contributed by atoms with Crippen LogP contribution in [-0.2, 0) is 11.5 Å². The van der Waals surface area contributed by atoms with Crippen LogP contribution in [0.25, 0.3) is 0 Å². The molecule has 1 aromatic rings. The second-order valence-electron chi connectivity index (χ2n) is 5.15. The van der Waals surface area contributed by atoms with Gasteiger partial charge in [0.1, 0.15) is 0 Å². The molecule has 0 saturated carbocycles. The molecule has 1 saturated heterocycles. The molecule has 0 aromatic heterocycles. The first kappa shape index (κ1) is 14.7. The van der Waals surface area contributed by atoms with Gasteiger partial charge in [-0.2, -0.15) is 13.2 Å².